The molecule has 0 saturated heterocycles. The van der Waals surface area contributed by atoms with Crippen molar-refractivity contribution in [3.63, 3.8) is 0 Å². The van der Waals surface area contributed by atoms with E-state index in [2.05, 4.69) is 5.32 Å². The van der Waals surface area contributed by atoms with Crippen LogP contribution in [0.4, 0.5) is 21.5 Å². The number of non-ortho nitro benzene ring substituents is 1. The number of anilines is 2. The maximum absolute atomic E-state index is 14.4. The number of methoxy groups -OCH3 is 1. The van der Waals surface area contributed by atoms with Gasteiger partial charge in [0.2, 0.25) is 5.91 Å². The van der Waals surface area contributed by atoms with Gasteiger partial charge in [0, 0.05) is 12.1 Å². The van der Waals surface area contributed by atoms with Crippen molar-refractivity contribution >= 4 is 44.3 Å². The summed E-state index contributed by atoms with van der Waals surface area (Å²) < 4.78 is 46.2. The Kier molecular flexibility index (Phi) is 6.51. The highest BCUT2D eigenvalue weighted by Gasteiger charge is 2.30. The first-order valence-corrected chi connectivity index (χ1v) is 11.0. The molecule has 0 fully saturated rings. The predicted octanol–water partition coefficient (Wildman–Crippen LogP) is 3.64. The lowest BCUT2D eigenvalue weighted by Gasteiger charge is -2.23. The van der Waals surface area contributed by atoms with Crippen molar-refractivity contribution in [1.82, 2.24) is 0 Å². The molecule has 3 aromatic rings. The molecule has 0 saturated carbocycles. The number of amides is 1. The summed E-state index contributed by atoms with van der Waals surface area (Å²) in [6, 6.07) is 11.6. The van der Waals surface area contributed by atoms with Gasteiger partial charge in [0.25, 0.3) is 15.7 Å². The number of para-hydroxylation sites is 1. The Bertz CT molecular complexity index is 1220. The zero-order valence-corrected chi connectivity index (χ0v) is 17.7. The molecule has 0 unspecified atom stereocenters. The second kappa shape index (κ2) is 9.10. The van der Waals surface area contributed by atoms with E-state index in [4.69, 9.17) is 4.74 Å². The minimum atomic E-state index is -4.25. The minimum Gasteiger partial charge on any atom is -0.495 e. The topological polar surface area (TPSA) is 119 Å². The molecule has 3 rings (SSSR count). The number of rotatable bonds is 8. The quantitative estimate of drug-likeness (QED) is 0.401. The lowest BCUT2D eigenvalue weighted by Crippen LogP contribution is -2.38. The number of halogens is 1. The molecule has 0 atom stereocenters. The van der Waals surface area contributed by atoms with Gasteiger partial charge in [-0.25, -0.2) is 12.8 Å². The number of hydrogen-bond donors (Lipinski definition) is 1. The molecule has 1 heterocycles. The maximum Gasteiger partial charge on any atom is 0.274 e. The number of nitrogens with one attached hydrogen (secondary N) is 1. The molecule has 0 spiro atoms. The van der Waals surface area contributed by atoms with Crippen LogP contribution < -0.4 is 14.4 Å². The lowest BCUT2D eigenvalue weighted by atomic mass is 10.2. The fourth-order valence-electron chi connectivity index (χ4n) is 2.70. The molecule has 1 aromatic heterocycles. The van der Waals surface area contributed by atoms with Gasteiger partial charge in [-0.3, -0.25) is 19.2 Å². The summed E-state index contributed by atoms with van der Waals surface area (Å²) in [6.45, 7) is -0.771. The van der Waals surface area contributed by atoms with Gasteiger partial charge in [0.05, 0.1) is 23.4 Å². The molecule has 162 valence electrons. The van der Waals surface area contributed by atoms with E-state index < -0.39 is 33.2 Å². The second-order valence-electron chi connectivity index (χ2n) is 6.09. The molecule has 0 aliphatic heterocycles. The Balaban J connectivity index is 1.96. The highest BCUT2D eigenvalue weighted by atomic mass is 32.2. The van der Waals surface area contributed by atoms with Crippen LogP contribution in [0.3, 0.4) is 0 Å². The van der Waals surface area contributed by atoms with E-state index in [9.17, 15) is 27.7 Å². The third-order valence-corrected chi connectivity index (χ3v) is 7.25. The van der Waals surface area contributed by atoms with Crippen molar-refractivity contribution in [1.29, 1.82) is 0 Å². The Hall–Kier alpha value is -3.51. The molecule has 12 heteroatoms. The van der Waals surface area contributed by atoms with Crippen molar-refractivity contribution in [2.24, 2.45) is 0 Å². The summed E-state index contributed by atoms with van der Waals surface area (Å²) in [4.78, 5) is 23.1. The fraction of sp³-hybridized carbons (Fsp3) is 0.105. The van der Waals surface area contributed by atoms with Crippen molar-refractivity contribution in [2.75, 3.05) is 23.3 Å². The van der Waals surface area contributed by atoms with E-state index in [1.54, 1.807) is 5.38 Å². The van der Waals surface area contributed by atoms with Crippen LogP contribution in [0.5, 0.6) is 5.75 Å². The van der Waals surface area contributed by atoms with Crippen LogP contribution >= 0.6 is 11.3 Å². The molecular weight excluding hydrogens is 449 g/mol. The van der Waals surface area contributed by atoms with Crippen LogP contribution in [-0.4, -0.2) is 32.9 Å². The van der Waals surface area contributed by atoms with E-state index >= 15 is 0 Å². The molecule has 0 radical (unpaired) electrons. The third kappa shape index (κ3) is 4.81. The largest absolute Gasteiger partial charge is 0.495 e. The van der Waals surface area contributed by atoms with Gasteiger partial charge in [-0.05, 0) is 29.6 Å². The highest BCUT2D eigenvalue weighted by Crippen LogP contribution is 2.31. The summed E-state index contributed by atoms with van der Waals surface area (Å²) in [7, 11) is -2.94. The van der Waals surface area contributed by atoms with Crippen LogP contribution in [0.2, 0.25) is 0 Å². The summed E-state index contributed by atoms with van der Waals surface area (Å²) in [6.07, 6.45) is 0. The van der Waals surface area contributed by atoms with Crippen LogP contribution in [0.15, 0.2) is 64.2 Å². The van der Waals surface area contributed by atoms with Crippen molar-refractivity contribution in [2.45, 2.75) is 4.21 Å². The number of thiophene rings is 1. The van der Waals surface area contributed by atoms with Crippen LogP contribution in [0.25, 0.3) is 0 Å². The molecule has 0 aliphatic carbocycles. The summed E-state index contributed by atoms with van der Waals surface area (Å²) >= 11 is 0.922. The van der Waals surface area contributed by atoms with Crippen molar-refractivity contribution in [3.8, 4) is 5.75 Å². The van der Waals surface area contributed by atoms with Gasteiger partial charge in [-0.1, -0.05) is 18.2 Å². The van der Waals surface area contributed by atoms with E-state index in [0.29, 0.717) is 4.31 Å². The van der Waals surface area contributed by atoms with Gasteiger partial charge in [-0.15, -0.1) is 11.3 Å². The molecule has 9 nitrogen and oxygen atoms in total. The number of ether oxygens (including phenoxy) is 1. The smallest absolute Gasteiger partial charge is 0.274 e. The number of hydrogen-bond acceptors (Lipinski definition) is 7. The molecule has 31 heavy (non-hydrogen) atoms. The molecule has 0 aliphatic rings. The van der Waals surface area contributed by atoms with Crippen LogP contribution in [0.1, 0.15) is 0 Å². The Morgan fingerprint density at radius 1 is 1.23 bits per heavy atom. The monoisotopic (exact) mass is 465 g/mol. The van der Waals surface area contributed by atoms with E-state index in [1.165, 1.54) is 49.6 Å². The second-order valence-corrected chi connectivity index (χ2v) is 9.12. The number of sulfonamides is 1. The zero-order valence-electron chi connectivity index (χ0n) is 16.0. The number of nitrogens with zero attached hydrogens (tertiary/aromatic N) is 2. The van der Waals surface area contributed by atoms with Crippen molar-refractivity contribution in [3.05, 3.63) is 75.9 Å². The fourth-order valence-corrected chi connectivity index (χ4v) is 5.23. The van der Waals surface area contributed by atoms with Crippen LogP contribution in [0, 0.1) is 15.9 Å². The van der Waals surface area contributed by atoms with Crippen molar-refractivity contribution < 1.29 is 27.3 Å². The molecular formula is C19H16FN3O6S2. The van der Waals surface area contributed by atoms with Gasteiger partial charge in [-0.2, -0.15) is 0 Å². The van der Waals surface area contributed by atoms with E-state index in [1.807, 2.05) is 0 Å². The summed E-state index contributed by atoms with van der Waals surface area (Å²) in [5.74, 6) is -1.54. The number of carbonyl (C=O) groups is 1. The Labute approximate surface area is 180 Å². The normalized spacial score (nSPS) is 11.0. The van der Waals surface area contributed by atoms with E-state index in [-0.39, 0.29) is 27.0 Å². The standard InChI is InChI=1S/C19H16FN3O6S2/c1-29-17-9-8-13(23(25)26)11-15(17)21-18(24)12-22(16-6-3-2-5-14(16)20)31(27,28)19-7-4-10-30-19/h2-11H,12H2,1H3,(H,21,24). The minimum absolute atomic E-state index is 0.0243. The summed E-state index contributed by atoms with van der Waals surface area (Å²) in [5.41, 5.74) is -0.631. The predicted molar refractivity (Wildman–Crippen MR) is 114 cm³/mol. The van der Waals surface area contributed by atoms with E-state index in [0.717, 1.165) is 23.5 Å². The van der Waals surface area contributed by atoms with Gasteiger partial charge >= 0.3 is 0 Å². The number of carbonyl (C=O) groups excluding carboxylic acids is 1. The zero-order chi connectivity index (χ0) is 22.6. The Morgan fingerprint density at radius 3 is 2.58 bits per heavy atom. The molecule has 0 bridgehead atoms. The van der Waals surface area contributed by atoms with Gasteiger partial charge in [0.1, 0.15) is 22.3 Å². The first kappa shape index (κ1) is 22.2. The highest BCUT2D eigenvalue weighted by molar-refractivity contribution is 7.94. The summed E-state index contributed by atoms with van der Waals surface area (Å²) in [5, 5.41) is 15.0. The average Bonchev–Trinajstić information content (AvgIpc) is 3.28. The average molecular weight is 465 g/mol. The van der Waals surface area contributed by atoms with Gasteiger partial charge in [0.15, 0.2) is 0 Å². The molecule has 1 N–H and O–H groups in total. The van der Waals surface area contributed by atoms with Gasteiger partial charge < -0.3 is 10.1 Å². The SMILES string of the molecule is COc1ccc([N+](=O)[O-])cc1NC(=O)CN(c1ccccc1F)S(=O)(=O)c1cccs1. The maximum atomic E-state index is 14.4. The van der Waals surface area contributed by atoms with Crippen LogP contribution in [-0.2, 0) is 14.8 Å². The first-order chi connectivity index (χ1) is 14.7. The molecule has 1 amide bonds. The first-order valence-electron chi connectivity index (χ1n) is 8.67. The molecule has 2 aromatic carbocycles. The third-order valence-electron chi connectivity index (χ3n) is 4.12. The lowest BCUT2D eigenvalue weighted by molar-refractivity contribution is -0.384. The number of nitro benzene ring substituents is 1. The Morgan fingerprint density at radius 2 is 1.97 bits per heavy atom. The number of nitro groups is 1. The number of benzene rings is 2.